The zero-order valence-electron chi connectivity index (χ0n) is 19.1. The Bertz CT molecular complexity index is 1050. The summed E-state index contributed by atoms with van der Waals surface area (Å²) >= 11 is 0. The van der Waals surface area contributed by atoms with Crippen molar-refractivity contribution in [3.8, 4) is 22.5 Å². The normalized spacial score (nSPS) is 18.8. The van der Waals surface area contributed by atoms with Crippen LogP contribution in [-0.4, -0.2) is 30.2 Å². The molecule has 0 bridgehead atoms. The minimum Gasteiger partial charge on any atom is -0.416 e. The van der Waals surface area contributed by atoms with Crippen molar-refractivity contribution in [1.82, 2.24) is 10.2 Å². The van der Waals surface area contributed by atoms with Crippen molar-refractivity contribution < 1.29 is 9.53 Å². The molecule has 1 aliphatic carbocycles. The Morgan fingerprint density at radius 3 is 1.84 bits per heavy atom. The maximum Gasteiger partial charge on any atom is 0.192 e. The Hall–Kier alpha value is -2.34. The standard InChI is InChI=1S/C26H32N2O2Si/c1-26(2,3)31(4,5)30-17-20-16-21(29)23-22(20)24(18-12-8-6-9-13-18)27-28-25(23)19-14-10-7-11-15-19/h6-15,20-21,29H,16-17H2,1-5H3/t20-,21-/m1/s1. The number of fused-ring (bicyclic) bond motifs is 1. The van der Waals surface area contributed by atoms with Gasteiger partial charge in [0.05, 0.1) is 17.5 Å². The molecule has 2 atom stereocenters. The molecule has 0 aliphatic heterocycles. The first-order chi connectivity index (χ1) is 14.7. The van der Waals surface area contributed by atoms with Gasteiger partial charge in [-0.1, -0.05) is 81.4 Å². The van der Waals surface area contributed by atoms with Crippen LogP contribution in [0.1, 0.15) is 50.3 Å². The molecule has 5 heteroatoms. The summed E-state index contributed by atoms with van der Waals surface area (Å²) in [5.41, 5.74) is 5.64. The largest absolute Gasteiger partial charge is 0.416 e. The van der Waals surface area contributed by atoms with Gasteiger partial charge in [0.15, 0.2) is 8.32 Å². The first-order valence-electron chi connectivity index (χ1n) is 11.0. The fraction of sp³-hybridized carbons (Fsp3) is 0.385. The van der Waals surface area contributed by atoms with Gasteiger partial charge in [-0.25, -0.2) is 0 Å². The van der Waals surface area contributed by atoms with Gasteiger partial charge in [0.25, 0.3) is 0 Å². The maximum atomic E-state index is 11.1. The van der Waals surface area contributed by atoms with Crippen LogP contribution < -0.4 is 0 Å². The Morgan fingerprint density at radius 2 is 1.35 bits per heavy atom. The van der Waals surface area contributed by atoms with Crippen LogP contribution in [0.15, 0.2) is 60.7 Å². The van der Waals surface area contributed by atoms with Gasteiger partial charge in [0, 0.05) is 29.2 Å². The summed E-state index contributed by atoms with van der Waals surface area (Å²) in [5, 5.41) is 20.5. The number of benzene rings is 2. The second-order valence-corrected chi connectivity index (χ2v) is 14.8. The first kappa shape index (κ1) is 21.9. The van der Waals surface area contributed by atoms with Crippen LogP contribution in [-0.2, 0) is 4.43 Å². The third-order valence-corrected chi connectivity index (χ3v) is 11.3. The highest BCUT2D eigenvalue weighted by molar-refractivity contribution is 6.74. The summed E-state index contributed by atoms with van der Waals surface area (Å²) in [6.07, 6.45) is 0.0629. The number of hydrogen-bond donors (Lipinski definition) is 1. The lowest BCUT2D eigenvalue weighted by Gasteiger charge is -2.37. The Morgan fingerprint density at radius 1 is 0.871 bits per heavy atom. The fourth-order valence-electron chi connectivity index (χ4n) is 4.01. The van der Waals surface area contributed by atoms with E-state index in [1.165, 1.54) is 0 Å². The SMILES string of the molecule is CC(C)(C)[Si](C)(C)OC[C@H]1C[C@@H](O)c2c(-c3ccccc3)nnc(-c3ccccc3)c21. The van der Waals surface area contributed by atoms with Crippen LogP contribution in [0, 0.1) is 0 Å². The van der Waals surface area contributed by atoms with Crippen LogP contribution in [0.4, 0.5) is 0 Å². The molecule has 162 valence electrons. The molecule has 1 aliphatic rings. The number of aliphatic hydroxyl groups excluding tert-OH is 1. The molecule has 4 nitrogen and oxygen atoms in total. The second-order valence-electron chi connectivity index (χ2n) is 9.98. The van der Waals surface area contributed by atoms with E-state index in [0.29, 0.717) is 13.0 Å². The van der Waals surface area contributed by atoms with Gasteiger partial charge in [-0.05, 0) is 30.1 Å². The summed E-state index contributed by atoms with van der Waals surface area (Å²) < 4.78 is 6.60. The summed E-state index contributed by atoms with van der Waals surface area (Å²) in [6, 6.07) is 20.2. The minimum atomic E-state index is -1.91. The molecule has 1 aromatic heterocycles. The van der Waals surface area contributed by atoms with Crippen molar-refractivity contribution in [2.45, 2.75) is 57.3 Å². The minimum absolute atomic E-state index is 0.0901. The molecule has 3 aromatic rings. The molecule has 0 amide bonds. The highest BCUT2D eigenvalue weighted by Crippen LogP contribution is 2.48. The van der Waals surface area contributed by atoms with Crippen molar-refractivity contribution >= 4 is 8.32 Å². The molecule has 2 aromatic carbocycles. The van der Waals surface area contributed by atoms with Crippen LogP contribution in [0.3, 0.4) is 0 Å². The highest BCUT2D eigenvalue weighted by Gasteiger charge is 2.41. The van der Waals surface area contributed by atoms with Crippen molar-refractivity contribution in [2.75, 3.05) is 6.61 Å². The summed E-state index contributed by atoms with van der Waals surface area (Å²) in [7, 11) is -1.91. The van der Waals surface area contributed by atoms with Gasteiger partial charge in [0.2, 0.25) is 0 Å². The summed E-state index contributed by atoms with van der Waals surface area (Å²) in [5.74, 6) is 0.0901. The van der Waals surface area contributed by atoms with E-state index >= 15 is 0 Å². The Kier molecular flexibility index (Phi) is 5.86. The van der Waals surface area contributed by atoms with Crippen molar-refractivity contribution in [3.05, 3.63) is 71.8 Å². The molecule has 0 radical (unpaired) electrons. The second kappa shape index (κ2) is 8.30. The van der Waals surface area contributed by atoms with E-state index in [2.05, 4.69) is 56.2 Å². The molecule has 1 heterocycles. The van der Waals surface area contributed by atoms with Gasteiger partial charge in [-0.15, -0.1) is 10.2 Å². The average Bonchev–Trinajstić information content (AvgIpc) is 3.09. The van der Waals surface area contributed by atoms with E-state index in [9.17, 15) is 5.11 Å². The molecule has 4 rings (SSSR count). The van der Waals surface area contributed by atoms with Gasteiger partial charge in [-0.2, -0.15) is 0 Å². The lowest BCUT2D eigenvalue weighted by Crippen LogP contribution is -2.41. The van der Waals surface area contributed by atoms with Crippen LogP contribution in [0.25, 0.3) is 22.5 Å². The first-order valence-corrected chi connectivity index (χ1v) is 13.9. The third-order valence-electron chi connectivity index (χ3n) is 6.85. The lowest BCUT2D eigenvalue weighted by atomic mass is 9.94. The fourth-order valence-corrected chi connectivity index (χ4v) is 5.06. The molecule has 0 saturated heterocycles. The topological polar surface area (TPSA) is 55.2 Å². The van der Waals surface area contributed by atoms with E-state index in [1.807, 2.05) is 48.5 Å². The number of aliphatic hydroxyl groups is 1. The number of rotatable bonds is 5. The predicted octanol–water partition coefficient (Wildman–Crippen LogP) is 6.35. The lowest BCUT2D eigenvalue weighted by molar-refractivity contribution is 0.160. The van der Waals surface area contributed by atoms with Gasteiger partial charge in [-0.3, -0.25) is 0 Å². The van der Waals surface area contributed by atoms with E-state index in [4.69, 9.17) is 4.43 Å². The van der Waals surface area contributed by atoms with E-state index in [1.54, 1.807) is 0 Å². The van der Waals surface area contributed by atoms with E-state index in [-0.39, 0.29) is 11.0 Å². The van der Waals surface area contributed by atoms with Crippen molar-refractivity contribution in [1.29, 1.82) is 0 Å². The smallest absolute Gasteiger partial charge is 0.192 e. The third kappa shape index (κ3) is 4.22. The van der Waals surface area contributed by atoms with Crippen LogP contribution >= 0.6 is 0 Å². The highest BCUT2D eigenvalue weighted by atomic mass is 28.4. The number of hydrogen-bond acceptors (Lipinski definition) is 4. The molecule has 31 heavy (non-hydrogen) atoms. The monoisotopic (exact) mass is 432 g/mol. The Balaban J connectivity index is 1.81. The molecule has 1 N–H and O–H groups in total. The molecular formula is C26H32N2O2Si. The van der Waals surface area contributed by atoms with Crippen molar-refractivity contribution in [3.63, 3.8) is 0 Å². The zero-order valence-corrected chi connectivity index (χ0v) is 20.1. The van der Waals surface area contributed by atoms with E-state index < -0.39 is 14.4 Å². The molecule has 0 spiro atoms. The molecule has 0 unspecified atom stereocenters. The van der Waals surface area contributed by atoms with Crippen molar-refractivity contribution in [2.24, 2.45) is 0 Å². The quantitative estimate of drug-likeness (QED) is 0.477. The molecular weight excluding hydrogens is 400 g/mol. The van der Waals surface area contributed by atoms with Gasteiger partial charge in [0.1, 0.15) is 0 Å². The van der Waals surface area contributed by atoms with Crippen LogP contribution in [0.2, 0.25) is 18.1 Å². The van der Waals surface area contributed by atoms with Gasteiger partial charge >= 0.3 is 0 Å². The van der Waals surface area contributed by atoms with Crippen LogP contribution in [0.5, 0.6) is 0 Å². The van der Waals surface area contributed by atoms with Gasteiger partial charge < -0.3 is 9.53 Å². The molecule has 0 fully saturated rings. The maximum absolute atomic E-state index is 11.1. The number of nitrogens with zero attached hydrogens (tertiary/aromatic N) is 2. The predicted molar refractivity (Wildman–Crippen MR) is 128 cm³/mol. The summed E-state index contributed by atoms with van der Waals surface area (Å²) in [6.45, 7) is 11.9. The zero-order chi connectivity index (χ0) is 22.2. The molecule has 0 saturated carbocycles. The summed E-state index contributed by atoms with van der Waals surface area (Å²) in [4.78, 5) is 0. The average molecular weight is 433 g/mol. The van der Waals surface area contributed by atoms with E-state index in [0.717, 1.165) is 33.6 Å². The number of aromatic nitrogens is 2. The Labute approximate surface area is 186 Å².